The molecule has 0 spiro atoms. The topological polar surface area (TPSA) is 34.1 Å². The smallest absolute Gasteiger partial charge is 0.160 e. The number of rotatable bonds is 4. The molecule has 1 N–H and O–H groups in total. The van der Waals surface area contributed by atoms with E-state index in [1.165, 1.54) is 12.1 Å². The SMILES string of the molecule is COc1cnc(C)cc1NC(C)c1ccc(F)cc1. The Labute approximate surface area is 112 Å². The highest BCUT2D eigenvalue weighted by atomic mass is 19.1. The lowest BCUT2D eigenvalue weighted by atomic mass is 10.1. The number of benzene rings is 1. The minimum Gasteiger partial charge on any atom is -0.493 e. The number of aromatic nitrogens is 1. The molecule has 0 saturated heterocycles. The number of nitrogens with zero attached hydrogens (tertiary/aromatic N) is 1. The zero-order valence-electron chi connectivity index (χ0n) is 11.3. The number of halogens is 1. The summed E-state index contributed by atoms with van der Waals surface area (Å²) in [5.74, 6) is 0.466. The number of pyridine rings is 1. The van der Waals surface area contributed by atoms with Crippen LogP contribution in [0.2, 0.25) is 0 Å². The summed E-state index contributed by atoms with van der Waals surface area (Å²) in [6.45, 7) is 3.94. The van der Waals surface area contributed by atoms with Crippen molar-refractivity contribution in [3.63, 3.8) is 0 Å². The molecule has 0 saturated carbocycles. The van der Waals surface area contributed by atoms with Crippen molar-refractivity contribution in [3.05, 3.63) is 53.6 Å². The normalized spacial score (nSPS) is 12.0. The maximum Gasteiger partial charge on any atom is 0.160 e. The van der Waals surface area contributed by atoms with E-state index in [0.29, 0.717) is 5.75 Å². The second kappa shape index (κ2) is 5.69. The summed E-state index contributed by atoms with van der Waals surface area (Å²) in [4.78, 5) is 4.19. The zero-order valence-corrected chi connectivity index (χ0v) is 11.3. The van der Waals surface area contributed by atoms with Crippen LogP contribution in [-0.2, 0) is 0 Å². The first-order chi connectivity index (χ1) is 9.10. The molecule has 1 aromatic heterocycles. The predicted octanol–water partition coefficient (Wildman–Crippen LogP) is 3.71. The highest BCUT2D eigenvalue weighted by Crippen LogP contribution is 2.27. The van der Waals surface area contributed by atoms with Crippen LogP contribution in [0.1, 0.15) is 24.2 Å². The lowest BCUT2D eigenvalue weighted by Gasteiger charge is -2.18. The maximum absolute atomic E-state index is 12.9. The standard InChI is InChI=1S/C15H17FN2O/c1-10-8-14(15(19-3)9-17-10)18-11(2)12-4-6-13(16)7-5-12/h4-9,11H,1-3H3,(H,17,18). The molecule has 4 heteroatoms. The molecule has 0 aliphatic carbocycles. The van der Waals surface area contributed by atoms with Gasteiger partial charge < -0.3 is 10.1 Å². The second-order valence-electron chi connectivity index (χ2n) is 4.44. The summed E-state index contributed by atoms with van der Waals surface area (Å²) in [7, 11) is 1.61. The predicted molar refractivity (Wildman–Crippen MR) is 74.0 cm³/mol. The van der Waals surface area contributed by atoms with Gasteiger partial charge in [0.15, 0.2) is 5.75 Å². The van der Waals surface area contributed by atoms with Gasteiger partial charge in [-0.1, -0.05) is 12.1 Å². The van der Waals surface area contributed by atoms with Gasteiger partial charge in [-0.05, 0) is 37.6 Å². The molecule has 0 fully saturated rings. The Morgan fingerprint density at radius 2 is 1.95 bits per heavy atom. The van der Waals surface area contributed by atoms with E-state index in [1.807, 2.05) is 19.9 Å². The highest BCUT2D eigenvalue weighted by Gasteiger charge is 2.09. The Morgan fingerprint density at radius 3 is 2.58 bits per heavy atom. The Morgan fingerprint density at radius 1 is 1.26 bits per heavy atom. The quantitative estimate of drug-likeness (QED) is 0.910. The molecule has 0 radical (unpaired) electrons. The van der Waals surface area contributed by atoms with E-state index in [9.17, 15) is 4.39 Å². The third kappa shape index (κ3) is 3.22. The number of methoxy groups -OCH3 is 1. The van der Waals surface area contributed by atoms with Crippen molar-refractivity contribution in [2.24, 2.45) is 0 Å². The van der Waals surface area contributed by atoms with E-state index < -0.39 is 0 Å². The van der Waals surface area contributed by atoms with Crippen LogP contribution in [0, 0.1) is 12.7 Å². The van der Waals surface area contributed by atoms with Gasteiger partial charge in [0.25, 0.3) is 0 Å². The van der Waals surface area contributed by atoms with Gasteiger partial charge in [0.1, 0.15) is 5.82 Å². The van der Waals surface area contributed by atoms with Crippen LogP contribution in [0.3, 0.4) is 0 Å². The minimum atomic E-state index is -0.228. The van der Waals surface area contributed by atoms with Crippen LogP contribution in [0.15, 0.2) is 36.5 Å². The highest BCUT2D eigenvalue weighted by molar-refractivity contribution is 5.57. The first-order valence-electron chi connectivity index (χ1n) is 6.13. The minimum absolute atomic E-state index is 0.0521. The molecule has 1 unspecified atom stereocenters. The molecular formula is C15H17FN2O. The Balaban J connectivity index is 2.20. The van der Waals surface area contributed by atoms with Gasteiger partial charge in [-0.2, -0.15) is 0 Å². The largest absolute Gasteiger partial charge is 0.493 e. The molecule has 100 valence electrons. The molecule has 1 atom stereocenters. The first kappa shape index (κ1) is 13.3. The van der Waals surface area contributed by atoms with Gasteiger partial charge in [-0.25, -0.2) is 4.39 Å². The molecular weight excluding hydrogens is 243 g/mol. The molecule has 0 aliphatic heterocycles. The van der Waals surface area contributed by atoms with Crippen molar-refractivity contribution in [1.82, 2.24) is 4.98 Å². The molecule has 0 amide bonds. The maximum atomic E-state index is 12.9. The van der Waals surface area contributed by atoms with Crippen molar-refractivity contribution in [2.75, 3.05) is 12.4 Å². The van der Waals surface area contributed by atoms with E-state index in [1.54, 1.807) is 25.4 Å². The van der Waals surface area contributed by atoms with E-state index in [2.05, 4.69) is 10.3 Å². The van der Waals surface area contributed by atoms with E-state index in [0.717, 1.165) is 16.9 Å². The fraction of sp³-hybridized carbons (Fsp3) is 0.267. The van der Waals surface area contributed by atoms with Gasteiger partial charge in [0, 0.05) is 11.7 Å². The van der Waals surface area contributed by atoms with E-state index >= 15 is 0 Å². The van der Waals surface area contributed by atoms with Gasteiger partial charge in [-0.15, -0.1) is 0 Å². The van der Waals surface area contributed by atoms with Crippen LogP contribution in [0.5, 0.6) is 5.75 Å². The van der Waals surface area contributed by atoms with Crippen molar-refractivity contribution < 1.29 is 9.13 Å². The number of nitrogens with one attached hydrogen (secondary N) is 1. The fourth-order valence-electron chi connectivity index (χ4n) is 1.89. The average Bonchev–Trinajstić information content (AvgIpc) is 2.39. The summed E-state index contributed by atoms with van der Waals surface area (Å²) in [5.41, 5.74) is 2.80. The van der Waals surface area contributed by atoms with Crippen LogP contribution >= 0.6 is 0 Å². The first-order valence-corrected chi connectivity index (χ1v) is 6.13. The van der Waals surface area contributed by atoms with Crippen LogP contribution in [0.4, 0.5) is 10.1 Å². The summed E-state index contributed by atoms with van der Waals surface area (Å²) in [5, 5.41) is 3.35. The Bertz CT molecular complexity index is 555. The molecule has 1 heterocycles. The van der Waals surface area contributed by atoms with Gasteiger partial charge in [0.2, 0.25) is 0 Å². The van der Waals surface area contributed by atoms with Gasteiger partial charge >= 0.3 is 0 Å². The molecule has 19 heavy (non-hydrogen) atoms. The third-order valence-electron chi connectivity index (χ3n) is 2.97. The molecule has 2 rings (SSSR count). The van der Waals surface area contributed by atoms with Crippen molar-refractivity contribution in [1.29, 1.82) is 0 Å². The third-order valence-corrected chi connectivity index (χ3v) is 2.97. The number of aryl methyl sites for hydroxylation is 1. The monoisotopic (exact) mass is 260 g/mol. The zero-order chi connectivity index (χ0) is 13.8. The average molecular weight is 260 g/mol. The van der Waals surface area contributed by atoms with Crippen molar-refractivity contribution in [3.8, 4) is 5.75 Å². The van der Waals surface area contributed by atoms with Crippen LogP contribution < -0.4 is 10.1 Å². The van der Waals surface area contributed by atoms with Crippen LogP contribution in [0.25, 0.3) is 0 Å². The number of ether oxygens (including phenoxy) is 1. The van der Waals surface area contributed by atoms with Gasteiger partial charge in [0.05, 0.1) is 19.0 Å². The van der Waals surface area contributed by atoms with E-state index in [-0.39, 0.29) is 11.9 Å². The fourth-order valence-corrected chi connectivity index (χ4v) is 1.89. The lowest BCUT2D eigenvalue weighted by molar-refractivity contribution is 0.414. The molecule has 1 aromatic carbocycles. The van der Waals surface area contributed by atoms with E-state index in [4.69, 9.17) is 4.74 Å². The molecule has 0 bridgehead atoms. The number of hydrogen-bond donors (Lipinski definition) is 1. The number of hydrogen-bond acceptors (Lipinski definition) is 3. The van der Waals surface area contributed by atoms with Crippen LogP contribution in [-0.4, -0.2) is 12.1 Å². The lowest BCUT2D eigenvalue weighted by Crippen LogP contribution is -2.08. The molecule has 3 nitrogen and oxygen atoms in total. The second-order valence-corrected chi connectivity index (χ2v) is 4.44. The van der Waals surface area contributed by atoms with Gasteiger partial charge in [-0.3, -0.25) is 4.98 Å². The Kier molecular flexibility index (Phi) is 4.00. The van der Waals surface area contributed by atoms with Crippen molar-refractivity contribution >= 4 is 5.69 Å². The summed E-state index contributed by atoms with van der Waals surface area (Å²) >= 11 is 0. The summed E-state index contributed by atoms with van der Waals surface area (Å²) in [6, 6.07) is 8.45. The summed E-state index contributed by atoms with van der Waals surface area (Å²) < 4.78 is 18.2. The molecule has 0 aliphatic rings. The Hall–Kier alpha value is -2.10. The molecule has 2 aromatic rings. The van der Waals surface area contributed by atoms with Crippen molar-refractivity contribution in [2.45, 2.75) is 19.9 Å². The number of anilines is 1. The summed E-state index contributed by atoms with van der Waals surface area (Å²) in [6.07, 6.45) is 1.69.